The quantitative estimate of drug-likeness (QED) is 0.624. The van der Waals surface area contributed by atoms with Gasteiger partial charge in [0.05, 0.1) is 12.6 Å². The zero-order valence-corrected chi connectivity index (χ0v) is 15.5. The Morgan fingerprint density at radius 2 is 1.74 bits per heavy atom. The largest absolute Gasteiger partial charge is 0.493 e. The summed E-state index contributed by atoms with van der Waals surface area (Å²) >= 11 is 0. The molecule has 0 radical (unpaired) electrons. The first kappa shape index (κ1) is 18.4. The van der Waals surface area contributed by atoms with Gasteiger partial charge < -0.3 is 9.47 Å². The number of benzene rings is 2. The number of hydrazine groups is 1. The molecular formula is C20H22N4O3. The van der Waals surface area contributed by atoms with E-state index in [2.05, 4.69) is 20.8 Å². The van der Waals surface area contributed by atoms with Crippen LogP contribution in [0.2, 0.25) is 0 Å². The third-order valence-corrected chi connectivity index (χ3v) is 3.89. The number of hydrogen-bond acceptors (Lipinski definition) is 6. The van der Waals surface area contributed by atoms with E-state index in [1.54, 1.807) is 19.2 Å². The predicted octanol–water partition coefficient (Wildman–Crippen LogP) is 3.28. The van der Waals surface area contributed by atoms with Crippen molar-refractivity contribution in [1.82, 2.24) is 15.4 Å². The molecule has 140 valence electrons. The molecule has 0 spiro atoms. The van der Waals surface area contributed by atoms with Crippen LogP contribution in [0.15, 0.2) is 48.5 Å². The Balaban J connectivity index is 1.68. The van der Waals surface area contributed by atoms with Crippen molar-refractivity contribution >= 4 is 22.6 Å². The van der Waals surface area contributed by atoms with Crippen LogP contribution < -0.4 is 20.3 Å². The predicted molar refractivity (Wildman–Crippen MR) is 104 cm³/mol. The van der Waals surface area contributed by atoms with Crippen molar-refractivity contribution in [3.8, 4) is 11.5 Å². The molecule has 2 N–H and O–H groups in total. The van der Waals surface area contributed by atoms with Gasteiger partial charge in [-0.25, -0.2) is 9.97 Å². The van der Waals surface area contributed by atoms with Crippen molar-refractivity contribution in [2.75, 3.05) is 19.1 Å². The highest BCUT2D eigenvalue weighted by molar-refractivity contribution is 5.90. The van der Waals surface area contributed by atoms with Gasteiger partial charge in [-0.2, -0.15) is 0 Å². The van der Waals surface area contributed by atoms with Gasteiger partial charge in [0.15, 0.2) is 23.9 Å². The van der Waals surface area contributed by atoms with Crippen molar-refractivity contribution in [3.63, 3.8) is 0 Å². The Kier molecular flexibility index (Phi) is 5.71. The van der Waals surface area contributed by atoms with Crippen LogP contribution in [0.5, 0.6) is 11.5 Å². The second-order valence-corrected chi connectivity index (χ2v) is 6.21. The normalized spacial score (nSPS) is 10.7. The van der Waals surface area contributed by atoms with Crippen LogP contribution in [0.4, 0.5) is 5.82 Å². The van der Waals surface area contributed by atoms with Crippen molar-refractivity contribution in [1.29, 1.82) is 0 Å². The average molecular weight is 366 g/mol. The molecule has 3 rings (SSSR count). The number of fused-ring (bicyclic) bond motifs is 1. The lowest BCUT2D eigenvalue weighted by molar-refractivity contribution is -0.122. The fourth-order valence-electron chi connectivity index (χ4n) is 2.49. The Morgan fingerprint density at radius 1 is 1.04 bits per heavy atom. The molecule has 1 amide bonds. The molecule has 2 aromatic carbocycles. The van der Waals surface area contributed by atoms with E-state index in [4.69, 9.17) is 9.47 Å². The van der Waals surface area contributed by atoms with E-state index in [1.807, 2.05) is 50.2 Å². The van der Waals surface area contributed by atoms with Crippen LogP contribution in [-0.2, 0) is 4.79 Å². The minimum atomic E-state index is -0.338. The maximum atomic E-state index is 12.2. The minimum absolute atomic E-state index is 0.159. The highest BCUT2D eigenvalue weighted by Crippen LogP contribution is 2.25. The van der Waals surface area contributed by atoms with E-state index in [0.29, 0.717) is 23.1 Å². The van der Waals surface area contributed by atoms with Crippen LogP contribution in [0.3, 0.4) is 0 Å². The lowest BCUT2D eigenvalue weighted by atomic mass is 10.2. The van der Waals surface area contributed by atoms with E-state index in [-0.39, 0.29) is 18.4 Å². The molecule has 0 saturated heterocycles. The minimum Gasteiger partial charge on any atom is -0.493 e. The summed E-state index contributed by atoms with van der Waals surface area (Å²) < 4.78 is 10.7. The molecule has 0 aliphatic rings. The number of aromatic nitrogens is 2. The molecule has 0 fully saturated rings. The topological polar surface area (TPSA) is 85.4 Å². The molecule has 0 aliphatic carbocycles. The maximum Gasteiger partial charge on any atom is 0.276 e. The highest BCUT2D eigenvalue weighted by atomic mass is 16.5. The number of para-hydroxylation sites is 3. The zero-order valence-electron chi connectivity index (χ0n) is 15.5. The van der Waals surface area contributed by atoms with Gasteiger partial charge in [-0.3, -0.25) is 15.6 Å². The second-order valence-electron chi connectivity index (χ2n) is 6.21. The number of rotatable bonds is 7. The number of nitrogens with one attached hydrogen (secondary N) is 2. The molecule has 1 heterocycles. The first-order valence-electron chi connectivity index (χ1n) is 8.66. The van der Waals surface area contributed by atoms with Gasteiger partial charge in [0.1, 0.15) is 5.82 Å². The first-order valence-corrected chi connectivity index (χ1v) is 8.66. The van der Waals surface area contributed by atoms with Gasteiger partial charge in [0.2, 0.25) is 0 Å². The number of anilines is 1. The SMILES string of the molecule is COc1ccccc1OCC(=O)NNc1nc(C(C)C)nc2ccccc12. The van der Waals surface area contributed by atoms with E-state index in [0.717, 1.165) is 10.9 Å². The fourth-order valence-corrected chi connectivity index (χ4v) is 2.49. The number of ether oxygens (including phenoxy) is 2. The van der Waals surface area contributed by atoms with E-state index < -0.39 is 0 Å². The van der Waals surface area contributed by atoms with Crippen LogP contribution in [0.1, 0.15) is 25.6 Å². The molecule has 7 nitrogen and oxygen atoms in total. The van der Waals surface area contributed by atoms with Crippen molar-refractivity contribution in [3.05, 3.63) is 54.4 Å². The third-order valence-electron chi connectivity index (χ3n) is 3.89. The standard InChI is InChI=1S/C20H22N4O3/c1-13(2)19-21-15-9-5-4-8-14(15)20(22-19)24-23-18(25)12-27-17-11-7-6-10-16(17)26-3/h4-11,13H,12H2,1-3H3,(H,23,25)(H,21,22,24). The maximum absolute atomic E-state index is 12.2. The first-order chi connectivity index (χ1) is 13.1. The Labute approximate surface area is 157 Å². The Hall–Kier alpha value is -3.35. The van der Waals surface area contributed by atoms with Crippen molar-refractivity contribution in [2.24, 2.45) is 0 Å². The molecule has 1 aromatic heterocycles. The van der Waals surface area contributed by atoms with Crippen LogP contribution in [0.25, 0.3) is 10.9 Å². The summed E-state index contributed by atoms with van der Waals surface area (Å²) in [6, 6.07) is 14.8. The van der Waals surface area contributed by atoms with E-state index in [1.165, 1.54) is 0 Å². The fraction of sp³-hybridized carbons (Fsp3) is 0.250. The number of carbonyl (C=O) groups excluding carboxylic acids is 1. The summed E-state index contributed by atoms with van der Waals surface area (Å²) in [6.07, 6.45) is 0. The van der Waals surface area contributed by atoms with Gasteiger partial charge in [0.25, 0.3) is 5.91 Å². The molecular weight excluding hydrogens is 344 g/mol. The van der Waals surface area contributed by atoms with Gasteiger partial charge in [0, 0.05) is 11.3 Å². The molecule has 7 heteroatoms. The lowest BCUT2D eigenvalue weighted by Crippen LogP contribution is -2.34. The number of amides is 1. The highest BCUT2D eigenvalue weighted by Gasteiger charge is 2.11. The lowest BCUT2D eigenvalue weighted by Gasteiger charge is -2.14. The number of hydrogen-bond donors (Lipinski definition) is 2. The summed E-state index contributed by atoms with van der Waals surface area (Å²) in [5, 5.41) is 0.827. The molecule has 3 aromatic rings. The smallest absolute Gasteiger partial charge is 0.276 e. The van der Waals surface area contributed by atoms with Gasteiger partial charge in [-0.05, 0) is 24.3 Å². The molecule has 0 unspecified atom stereocenters. The summed E-state index contributed by atoms with van der Waals surface area (Å²) in [5.74, 6) is 2.16. The van der Waals surface area contributed by atoms with E-state index in [9.17, 15) is 4.79 Å². The summed E-state index contributed by atoms with van der Waals surface area (Å²) in [6.45, 7) is 3.88. The summed E-state index contributed by atoms with van der Waals surface area (Å²) in [5.41, 5.74) is 6.32. The van der Waals surface area contributed by atoms with Gasteiger partial charge in [-0.15, -0.1) is 0 Å². The van der Waals surface area contributed by atoms with Gasteiger partial charge in [-0.1, -0.05) is 38.1 Å². The third kappa shape index (κ3) is 4.44. The number of carbonyl (C=O) groups is 1. The Morgan fingerprint density at radius 3 is 2.48 bits per heavy atom. The summed E-state index contributed by atoms with van der Waals surface area (Å²) in [4.78, 5) is 21.2. The molecule has 0 aliphatic heterocycles. The molecule has 0 bridgehead atoms. The van der Waals surface area contributed by atoms with E-state index >= 15 is 0 Å². The monoisotopic (exact) mass is 366 g/mol. The molecule has 27 heavy (non-hydrogen) atoms. The zero-order chi connectivity index (χ0) is 19.2. The van der Waals surface area contributed by atoms with Crippen LogP contribution in [-0.4, -0.2) is 29.6 Å². The Bertz CT molecular complexity index is 943. The number of nitrogens with zero attached hydrogens (tertiary/aromatic N) is 2. The second kappa shape index (κ2) is 8.35. The van der Waals surface area contributed by atoms with Gasteiger partial charge >= 0.3 is 0 Å². The van der Waals surface area contributed by atoms with Crippen molar-refractivity contribution < 1.29 is 14.3 Å². The van der Waals surface area contributed by atoms with Crippen LogP contribution >= 0.6 is 0 Å². The number of methoxy groups -OCH3 is 1. The van der Waals surface area contributed by atoms with Crippen LogP contribution in [0, 0.1) is 0 Å². The molecule has 0 atom stereocenters. The summed E-state index contributed by atoms with van der Waals surface area (Å²) in [7, 11) is 1.55. The van der Waals surface area contributed by atoms with Crippen molar-refractivity contribution in [2.45, 2.75) is 19.8 Å². The molecule has 0 saturated carbocycles. The average Bonchev–Trinajstić information content (AvgIpc) is 2.70.